The highest BCUT2D eigenvalue weighted by molar-refractivity contribution is 5.95. The molecule has 114 valence electrons. The fourth-order valence-corrected chi connectivity index (χ4v) is 3.64. The summed E-state index contributed by atoms with van der Waals surface area (Å²) >= 11 is 0. The van der Waals surface area contributed by atoms with Gasteiger partial charge in [0, 0.05) is 22.1 Å². The van der Waals surface area contributed by atoms with E-state index >= 15 is 0 Å². The van der Waals surface area contributed by atoms with Gasteiger partial charge in [0.25, 0.3) is 0 Å². The minimum absolute atomic E-state index is 0.611. The summed E-state index contributed by atoms with van der Waals surface area (Å²) in [6.07, 6.45) is 6.69. The molecule has 0 atom stereocenters. The highest BCUT2D eigenvalue weighted by atomic mass is 16.5. The molecule has 2 heteroatoms. The zero-order valence-electron chi connectivity index (χ0n) is 13.1. The lowest BCUT2D eigenvalue weighted by Gasteiger charge is -2.21. The molecule has 0 bridgehead atoms. The van der Waals surface area contributed by atoms with E-state index in [-0.39, 0.29) is 0 Å². The van der Waals surface area contributed by atoms with Gasteiger partial charge < -0.3 is 9.15 Å². The molecule has 0 amide bonds. The minimum Gasteiger partial charge on any atom is -0.488 e. The summed E-state index contributed by atoms with van der Waals surface area (Å²) in [6, 6.07) is 12.8. The highest BCUT2D eigenvalue weighted by Crippen LogP contribution is 2.47. The minimum atomic E-state index is 0.611. The van der Waals surface area contributed by atoms with Crippen molar-refractivity contribution in [2.45, 2.75) is 25.7 Å². The van der Waals surface area contributed by atoms with E-state index in [9.17, 15) is 0 Å². The molecule has 0 spiro atoms. The van der Waals surface area contributed by atoms with Crippen LogP contribution in [-0.2, 0) is 0 Å². The van der Waals surface area contributed by atoms with Gasteiger partial charge in [-0.1, -0.05) is 30.3 Å². The van der Waals surface area contributed by atoms with Crippen LogP contribution in [0.15, 0.2) is 53.2 Å². The second kappa shape index (κ2) is 4.76. The Kier molecular flexibility index (Phi) is 2.69. The maximum atomic E-state index is 5.96. The average Bonchev–Trinajstić information content (AvgIpc) is 3.35. The van der Waals surface area contributed by atoms with Crippen LogP contribution < -0.4 is 4.74 Å². The summed E-state index contributed by atoms with van der Waals surface area (Å²) < 4.78 is 11.9. The fourth-order valence-electron chi connectivity index (χ4n) is 3.64. The molecule has 5 rings (SSSR count). The number of benzene rings is 2. The van der Waals surface area contributed by atoms with Crippen molar-refractivity contribution in [2.24, 2.45) is 0 Å². The molecule has 2 nitrogen and oxygen atoms in total. The Morgan fingerprint density at radius 3 is 2.70 bits per heavy atom. The summed E-state index contributed by atoms with van der Waals surface area (Å²) in [6.45, 7) is 2.72. The zero-order chi connectivity index (χ0) is 15.4. The first-order valence-corrected chi connectivity index (χ1v) is 8.26. The number of fused-ring (bicyclic) bond motifs is 2. The van der Waals surface area contributed by atoms with Gasteiger partial charge in [-0.15, -0.1) is 0 Å². The van der Waals surface area contributed by atoms with E-state index < -0.39 is 0 Å². The van der Waals surface area contributed by atoms with Gasteiger partial charge in [0.05, 0.1) is 6.26 Å². The van der Waals surface area contributed by atoms with Gasteiger partial charge in [-0.3, -0.25) is 0 Å². The molecule has 0 N–H and O–H groups in total. The van der Waals surface area contributed by atoms with Crippen molar-refractivity contribution in [1.29, 1.82) is 0 Å². The summed E-state index contributed by atoms with van der Waals surface area (Å²) in [7, 11) is 0. The number of hydrogen-bond acceptors (Lipinski definition) is 2. The maximum Gasteiger partial charge on any atom is 0.140 e. The maximum absolute atomic E-state index is 5.96. The first kappa shape index (κ1) is 13.0. The molecule has 3 aromatic rings. The summed E-state index contributed by atoms with van der Waals surface area (Å²) in [4.78, 5) is 0. The van der Waals surface area contributed by atoms with Gasteiger partial charge in [-0.2, -0.15) is 0 Å². The van der Waals surface area contributed by atoms with Crippen LogP contribution in [0, 0.1) is 6.92 Å². The molecular weight excluding hydrogens is 284 g/mol. The monoisotopic (exact) mass is 302 g/mol. The Balaban J connectivity index is 1.77. The van der Waals surface area contributed by atoms with E-state index in [2.05, 4.69) is 49.4 Å². The Morgan fingerprint density at radius 1 is 1.09 bits per heavy atom. The molecule has 0 saturated heterocycles. The van der Waals surface area contributed by atoms with Gasteiger partial charge in [0.15, 0.2) is 0 Å². The molecular formula is C21H18O2. The predicted octanol–water partition coefficient (Wildman–Crippen LogP) is 5.44. The van der Waals surface area contributed by atoms with Crippen molar-refractivity contribution >= 4 is 16.5 Å². The smallest absolute Gasteiger partial charge is 0.140 e. The molecule has 2 heterocycles. The number of hydrogen-bond donors (Lipinski definition) is 0. The molecule has 2 aromatic carbocycles. The van der Waals surface area contributed by atoms with Gasteiger partial charge >= 0.3 is 0 Å². The van der Waals surface area contributed by atoms with Gasteiger partial charge in [0.1, 0.15) is 17.9 Å². The molecule has 1 fully saturated rings. The third kappa shape index (κ3) is 1.94. The van der Waals surface area contributed by atoms with Crippen LogP contribution in [0.2, 0.25) is 0 Å². The third-order valence-electron chi connectivity index (χ3n) is 4.98. The molecule has 1 aliphatic carbocycles. The number of rotatable bonds is 2. The van der Waals surface area contributed by atoms with E-state index in [1.165, 1.54) is 40.5 Å². The van der Waals surface area contributed by atoms with Gasteiger partial charge in [0.2, 0.25) is 0 Å². The van der Waals surface area contributed by atoms with Crippen molar-refractivity contribution in [3.8, 4) is 5.75 Å². The molecule has 0 unspecified atom stereocenters. The third-order valence-corrected chi connectivity index (χ3v) is 4.98. The van der Waals surface area contributed by atoms with E-state index in [1.807, 2.05) is 6.26 Å². The molecule has 23 heavy (non-hydrogen) atoms. The van der Waals surface area contributed by atoms with Crippen LogP contribution >= 0.6 is 0 Å². The summed E-state index contributed by atoms with van der Waals surface area (Å²) in [5, 5.41) is 1.26. The Hall–Kier alpha value is -2.48. The summed E-state index contributed by atoms with van der Waals surface area (Å²) in [5.41, 5.74) is 7.16. The quantitative estimate of drug-likeness (QED) is 0.628. The van der Waals surface area contributed by atoms with Crippen LogP contribution in [0.3, 0.4) is 0 Å². The molecule has 1 aliphatic heterocycles. The topological polar surface area (TPSA) is 22.4 Å². The number of furan rings is 1. The number of ether oxygens (including phenoxy) is 1. The first-order chi connectivity index (χ1) is 11.3. The Bertz CT molecular complexity index is 927. The van der Waals surface area contributed by atoms with E-state index in [0.717, 1.165) is 16.9 Å². The lowest BCUT2D eigenvalue weighted by Crippen LogP contribution is -2.07. The first-order valence-electron chi connectivity index (χ1n) is 8.26. The fraction of sp³-hybridized carbons (Fsp3) is 0.238. The summed E-state index contributed by atoms with van der Waals surface area (Å²) in [5.74, 6) is 1.65. The molecule has 0 radical (unpaired) electrons. The van der Waals surface area contributed by atoms with Crippen LogP contribution in [0.1, 0.15) is 41.0 Å². The second-order valence-corrected chi connectivity index (χ2v) is 6.52. The SMILES string of the molecule is Cc1c2c(cc3c(C4CC4)coc13)C(c1ccccc1)=CCO2. The average molecular weight is 302 g/mol. The molecule has 2 aliphatic rings. The number of aryl methyl sites for hydroxylation is 1. The van der Waals surface area contributed by atoms with E-state index in [4.69, 9.17) is 9.15 Å². The standard InChI is InChI=1S/C21H18O2/c1-13-20-17(11-18-19(15-7-8-15)12-23-21(13)18)16(9-10-22-20)14-5-3-2-4-6-14/h2-6,9,11-12,15H,7-8,10H2,1H3. The van der Waals surface area contributed by atoms with Gasteiger partial charge in [-0.25, -0.2) is 0 Å². The van der Waals surface area contributed by atoms with Crippen molar-refractivity contribution in [3.63, 3.8) is 0 Å². The zero-order valence-corrected chi connectivity index (χ0v) is 13.1. The van der Waals surface area contributed by atoms with Crippen LogP contribution in [-0.4, -0.2) is 6.61 Å². The van der Waals surface area contributed by atoms with Crippen molar-refractivity contribution in [2.75, 3.05) is 6.61 Å². The van der Waals surface area contributed by atoms with Crippen molar-refractivity contribution in [3.05, 3.63) is 71.0 Å². The van der Waals surface area contributed by atoms with E-state index in [0.29, 0.717) is 12.5 Å². The normalized spacial score (nSPS) is 16.8. The predicted molar refractivity (Wildman–Crippen MR) is 91.9 cm³/mol. The largest absolute Gasteiger partial charge is 0.488 e. The lowest BCUT2D eigenvalue weighted by molar-refractivity contribution is 0.355. The molecule has 1 saturated carbocycles. The highest BCUT2D eigenvalue weighted by Gasteiger charge is 2.29. The van der Waals surface area contributed by atoms with Crippen LogP contribution in [0.5, 0.6) is 5.75 Å². The van der Waals surface area contributed by atoms with Crippen LogP contribution in [0.4, 0.5) is 0 Å². The van der Waals surface area contributed by atoms with E-state index in [1.54, 1.807) is 0 Å². The molecule has 1 aromatic heterocycles. The Morgan fingerprint density at radius 2 is 1.91 bits per heavy atom. The Labute approximate surface area is 135 Å². The van der Waals surface area contributed by atoms with Crippen molar-refractivity contribution < 1.29 is 9.15 Å². The van der Waals surface area contributed by atoms with Crippen LogP contribution in [0.25, 0.3) is 16.5 Å². The lowest BCUT2D eigenvalue weighted by atomic mass is 9.91. The second-order valence-electron chi connectivity index (χ2n) is 6.52. The van der Waals surface area contributed by atoms with Gasteiger partial charge in [-0.05, 0) is 49.0 Å². The van der Waals surface area contributed by atoms with Crippen molar-refractivity contribution in [1.82, 2.24) is 0 Å².